The lowest BCUT2D eigenvalue weighted by molar-refractivity contribution is 0.418. The molecule has 4 aromatic heterocycles. The summed E-state index contributed by atoms with van der Waals surface area (Å²) in [5.41, 5.74) is 9.16. The summed E-state index contributed by atoms with van der Waals surface area (Å²) in [6, 6.07) is 26.5. The van der Waals surface area contributed by atoms with Gasteiger partial charge in [-0.05, 0) is 61.4 Å². The minimum atomic E-state index is 0.734. The SMILES string of the molecule is COc1c(-c2ccc(C)c(-c3ncccc3C)n2)cccc1-c1ccc2ccc3cccnc3c2n1. The van der Waals surface area contributed by atoms with Gasteiger partial charge in [-0.3, -0.25) is 9.97 Å². The molecule has 174 valence electrons. The molecule has 0 amide bonds. The Balaban J connectivity index is 1.53. The van der Waals surface area contributed by atoms with Crippen molar-refractivity contribution in [3.05, 3.63) is 102 Å². The van der Waals surface area contributed by atoms with Crippen molar-refractivity contribution in [1.29, 1.82) is 0 Å². The van der Waals surface area contributed by atoms with E-state index in [4.69, 9.17) is 14.7 Å². The van der Waals surface area contributed by atoms with Gasteiger partial charge in [-0.25, -0.2) is 9.97 Å². The number of aryl methyl sites for hydroxylation is 2. The Morgan fingerprint density at radius 1 is 0.556 bits per heavy atom. The second-order valence-corrected chi connectivity index (χ2v) is 8.83. The van der Waals surface area contributed by atoms with Crippen LogP contribution in [0.3, 0.4) is 0 Å². The van der Waals surface area contributed by atoms with Gasteiger partial charge in [0.15, 0.2) is 0 Å². The van der Waals surface area contributed by atoms with Crippen molar-refractivity contribution in [2.45, 2.75) is 13.8 Å². The average Bonchev–Trinajstić information content (AvgIpc) is 2.93. The highest BCUT2D eigenvalue weighted by Crippen LogP contribution is 2.39. The lowest BCUT2D eigenvalue weighted by atomic mass is 10.00. The zero-order valence-electron chi connectivity index (χ0n) is 20.4. The highest BCUT2D eigenvalue weighted by atomic mass is 16.5. The van der Waals surface area contributed by atoms with Crippen LogP contribution < -0.4 is 4.74 Å². The second-order valence-electron chi connectivity index (χ2n) is 8.83. The Morgan fingerprint density at radius 3 is 1.97 bits per heavy atom. The summed E-state index contributed by atoms with van der Waals surface area (Å²) < 4.78 is 5.97. The van der Waals surface area contributed by atoms with E-state index >= 15 is 0 Å². The molecule has 5 nitrogen and oxygen atoms in total. The standard InChI is InChI=1S/C31H24N4O/c1-19-7-5-17-32-27(19)28-20(2)11-15-25(34-28)23-9-4-10-24(31(23)36-3)26-16-14-22-13-12-21-8-6-18-33-29(21)30(22)35-26/h4-18H,1-3H3. The summed E-state index contributed by atoms with van der Waals surface area (Å²) in [6.45, 7) is 4.12. The zero-order chi connectivity index (χ0) is 24.6. The molecule has 0 atom stereocenters. The van der Waals surface area contributed by atoms with Crippen molar-refractivity contribution in [3.63, 3.8) is 0 Å². The van der Waals surface area contributed by atoms with Crippen LogP contribution in [0.2, 0.25) is 0 Å². The van der Waals surface area contributed by atoms with Crippen molar-refractivity contribution < 1.29 is 4.74 Å². The van der Waals surface area contributed by atoms with Crippen LogP contribution in [0.25, 0.3) is 55.7 Å². The molecular weight excluding hydrogens is 444 g/mol. The number of para-hydroxylation sites is 1. The number of rotatable bonds is 4. The third-order valence-corrected chi connectivity index (χ3v) is 6.53. The molecule has 0 saturated carbocycles. The van der Waals surface area contributed by atoms with Gasteiger partial charge >= 0.3 is 0 Å². The van der Waals surface area contributed by atoms with Crippen molar-refractivity contribution in [2.24, 2.45) is 0 Å². The lowest BCUT2D eigenvalue weighted by Crippen LogP contribution is -1.98. The molecule has 0 N–H and O–H groups in total. The Kier molecular flexibility index (Phi) is 5.38. The lowest BCUT2D eigenvalue weighted by Gasteiger charge is -2.15. The first-order valence-corrected chi connectivity index (χ1v) is 11.9. The number of methoxy groups -OCH3 is 1. The largest absolute Gasteiger partial charge is 0.495 e. The number of aromatic nitrogens is 4. The number of nitrogens with zero attached hydrogens (tertiary/aromatic N) is 4. The smallest absolute Gasteiger partial charge is 0.137 e. The maximum atomic E-state index is 5.97. The second kappa shape index (κ2) is 8.86. The van der Waals surface area contributed by atoms with Crippen molar-refractivity contribution in [2.75, 3.05) is 7.11 Å². The van der Waals surface area contributed by atoms with Gasteiger partial charge in [0.2, 0.25) is 0 Å². The first kappa shape index (κ1) is 21.9. The number of pyridine rings is 4. The monoisotopic (exact) mass is 468 g/mol. The highest BCUT2D eigenvalue weighted by Gasteiger charge is 2.17. The van der Waals surface area contributed by atoms with E-state index in [1.165, 1.54) is 0 Å². The highest BCUT2D eigenvalue weighted by molar-refractivity contribution is 6.03. The molecule has 36 heavy (non-hydrogen) atoms. The van der Waals surface area contributed by atoms with Gasteiger partial charge < -0.3 is 4.74 Å². The van der Waals surface area contributed by atoms with E-state index in [-0.39, 0.29) is 0 Å². The Morgan fingerprint density at radius 2 is 1.19 bits per heavy atom. The van der Waals surface area contributed by atoms with E-state index in [2.05, 4.69) is 60.2 Å². The molecule has 6 aromatic rings. The molecule has 0 aliphatic heterocycles. The van der Waals surface area contributed by atoms with E-state index < -0.39 is 0 Å². The Bertz CT molecular complexity index is 1760. The van der Waals surface area contributed by atoms with Crippen LogP contribution in [0.15, 0.2) is 91.3 Å². The minimum Gasteiger partial charge on any atom is -0.495 e. The van der Waals surface area contributed by atoms with Gasteiger partial charge in [-0.15, -0.1) is 0 Å². The van der Waals surface area contributed by atoms with Crippen LogP contribution in [-0.2, 0) is 0 Å². The number of fused-ring (bicyclic) bond motifs is 3. The quantitative estimate of drug-likeness (QED) is 0.256. The maximum absolute atomic E-state index is 5.97. The van der Waals surface area contributed by atoms with Gasteiger partial charge in [-0.2, -0.15) is 0 Å². The summed E-state index contributed by atoms with van der Waals surface area (Å²) in [5.74, 6) is 0.734. The molecule has 6 rings (SSSR count). The average molecular weight is 469 g/mol. The van der Waals surface area contributed by atoms with Crippen LogP contribution in [0.1, 0.15) is 11.1 Å². The van der Waals surface area contributed by atoms with Gasteiger partial charge in [0.1, 0.15) is 5.75 Å². The van der Waals surface area contributed by atoms with Crippen LogP contribution >= 0.6 is 0 Å². The van der Waals surface area contributed by atoms with Crippen LogP contribution in [-0.4, -0.2) is 27.0 Å². The fraction of sp³-hybridized carbons (Fsp3) is 0.0968. The molecule has 4 heterocycles. The number of benzene rings is 2. The van der Waals surface area contributed by atoms with E-state index in [9.17, 15) is 0 Å². The first-order chi connectivity index (χ1) is 17.6. The summed E-state index contributed by atoms with van der Waals surface area (Å²) in [7, 11) is 1.69. The molecule has 5 heteroatoms. The molecular formula is C31H24N4O. The predicted molar refractivity (Wildman–Crippen MR) is 145 cm³/mol. The predicted octanol–water partition coefficient (Wildman–Crippen LogP) is 7.20. The summed E-state index contributed by atoms with van der Waals surface area (Å²) in [6.07, 6.45) is 3.61. The number of hydrogen-bond donors (Lipinski definition) is 0. The topological polar surface area (TPSA) is 60.8 Å². The molecule has 0 radical (unpaired) electrons. The molecule has 0 aliphatic carbocycles. The van der Waals surface area contributed by atoms with E-state index in [1.54, 1.807) is 19.5 Å². The van der Waals surface area contributed by atoms with E-state index in [1.807, 2.05) is 42.5 Å². The summed E-state index contributed by atoms with van der Waals surface area (Å²) in [5, 5.41) is 2.12. The van der Waals surface area contributed by atoms with Gasteiger partial charge in [0.25, 0.3) is 0 Å². The Labute approximate surface area is 209 Å². The molecule has 0 unspecified atom stereocenters. The molecule has 0 spiro atoms. The zero-order valence-corrected chi connectivity index (χ0v) is 20.4. The normalized spacial score (nSPS) is 11.2. The third-order valence-electron chi connectivity index (χ3n) is 6.53. The van der Waals surface area contributed by atoms with Gasteiger partial charge in [-0.1, -0.05) is 42.5 Å². The van der Waals surface area contributed by atoms with E-state index in [0.29, 0.717) is 0 Å². The van der Waals surface area contributed by atoms with Crippen LogP contribution in [0.4, 0.5) is 0 Å². The van der Waals surface area contributed by atoms with Crippen molar-refractivity contribution >= 4 is 21.8 Å². The van der Waals surface area contributed by atoms with E-state index in [0.717, 1.165) is 72.6 Å². The van der Waals surface area contributed by atoms with Crippen LogP contribution in [0, 0.1) is 13.8 Å². The van der Waals surface area contributed by atoms with Crippen molar-refractivity contribution in [3.8, 4) is 39.7 Å². The molecule has 0 bridgehead atoms. The fourth-order valence-electron chi connectivity index (χ4n) is 4.69. The molecule has 0 saturated heterocycles. The molecule has 0 aliphatic rings. The summed E-state index contributed by atoms with van der Waals surface area (Å²) >= 11 is 0. The molecule has 2 aromatic carbocycles. The number of ether oxygens (including phenoxy) is 1. The van der Waals surface area contributed by atoms with Gasteiger partial charge in [0, 0.05) is 34.3 Å². The van der Waals surface area contributed by atoms with Crippen LogP contribution in [0.5, 0.6) is 5.75 Å². The van der Waals surface area contributed by atoms with Crippen molar-refractivity contribution in [1.82, 2.24) is 19.9 Å². The van der Waals surface area contributed by atoms with Gasteiger partial charge in [0.05, 0.1) is 40.9 Å². The first-order valence-electron chi connectivity index (χ1n) is 11.9. The number of hydrogen-bond acceptors (Lipinski definition) is 5. The third kappa shape index (κ3) is 3.66. The molecule has 0 fully saturated rings. The summed E-state index contributed by atoms with van der Waals surface area (Å²) in [4.78, 5) is 19.3. The Hall–Kier alpha value is -4.64. The fourth-order valence-corrected chi connectivity index (χ4v) is 4.69. The minimum absolute atomic E-state index is 0.734. The maximum Gasteiger partial charge on any atom is 0.137 e.